The van der Waals surface area contributed by atoms with E-state index in [4.69, 9.17) is 0 Å². The molecule has 1 N–H and O–H groups in total. The second-order valence-corrected chi connectivity index (χ2v) is 5.51. The van der Waals surface area contributed by atoms with E-state index in [1.54, 1.807) is 0 Å². The molecule has 6 heteroatoms. The van der Waals surface area contributed by atoms with Crippen LogP contribution in [0.25, 0.3) is 0 Å². The van der Waals surface area contributed by atoms with Gasteiger partial charge in [-0.1, -0.05) is 30.3 Å². The number of methoxy groups -OCH3 is 1. The van der Waals surface area contributed by atoms with E-state index in [1.807, 2.05) is 30.3 Å². The molecule has 0 aromatic heterocycles. The van der Waals surface area contributed by atoms with Gasteiger partial charge in [-0.3, -0.25) is 9.00 Å². The smallest absolute Gasteiger partial charge is 0.329 e. The molecule has 0 saturated carbocycles. The van der Waals surface area contributed by atoms with Crippen molar-refractivity contribution in [3.8, 4) is 0 Å². The second kappa shape index (κ2) is 7.68. The summed E-state index contributed by atoms with van der Waals surface area (Å²) >= 11 is 0. The Kier molecular flexibility index (Phi) is 6.21. The molecule has 2 atom stereocenters. The van der Waals surface area contributed by atoms with Crippen molar-refractivity contribution in [2.45, 2.75) is 18.7 Å². The van der Waals surface area contributed by atoms with E-state index in [2.05, 4.69) is 10.1 Å². The second-order valence-electron chi connectivity index (χ2n) is 4.01. The minimum absolute atomic E-state index is 0.0428. The van der Waals surface area contributed by atoms with Crippen LogP contribution in [0.2, 0.25) is 0 Å². The van der Waals surface area contributed by atoms with Gasteiger partial charge in [-0.2, -0.15) is 0 Å². The molecule has 104 valence electrons. The molecule has 1 amide bonds. The lowest BCUT2D eigenvalue weighted by Crippen LogP contribution is -2.44. The molecule has 1 rings (SSSR count). The third kappa shape index (κ3) is 5.65. The SMILES string of the molecule is COC(=O)C(CS(=O)Cc1ccccc1)NC(C)=O. The van der Waals surface area contributed by atoms with E-state index < -0.39 is 22.8 Å². The minimum atomic E-state index is -1.26. The first-order chi connectivity index (χ1) is 9.02. The maximum Gasteiger partial charge on any atom is 0.329 e. The molecule has 0 aliphatic heterocycles. The normalized spacial score (nSPS) is 13.4. The highest BCUT2D eigenvalue weighted by Gasteiger charge is 2.22. The lowest BCUT2D eigenvalue weighted by Gasteiger charge is -2.14. The number of nitrogens with one attached hydrogen (secondary N) is 1. The van der Waals surface area contributed by atoms with Crippen molar-refractivity contribution >= 4 is 22.7 Å². The van der Waals surface area contributed by atoms with Crippen molar-refractivity contribution < 1.29 is 18.5 Å². The van der Waals surface area contributed by atoms with Gasteiger partial charge in [0.2, 0.25) is 5.91 Å². The molecule has 0 spiro atoms. The van der Waals surface area contributed by atoms with Crippen molar-refractivity contribution in [1.82, 2.24) is 5.32 Å². The Bertz CT molecular complexity index is 461. The average molecular weight is 283 g/mol. The Morgan fingerprint density at radius 1 is 1.32 bits per heavy atom. The van der Waals surface area contributed by atoms with Gasteiger partial charge in [-0.25, -0.2) is 4.79 Å². The number of hydrogen-bond donors (Lipinski definition) is 1. The fraction of sp³-hybridized carbons (Fsp3) is 0.385. The topological polar surface area (TPSA) is 72.5 Å². The van der Waals surface area contributed by atoms with Gasteiger partial charge in [-0.05, 0) is 5.56 Å². The Balaban J connectivity index is 2.61. The number of ether oxygens (including phenoxy) is 1. The van der Waals surface area contributed by atoms with E-state index in [-0.39, 0.29) is 11.7 Å². The van der Waals surface area contributed by atoms with E-state index in [9.17, 15) is 13.8 Å². The number of esters is 1. The Labute approximate surface area is 114 Å². The van der Waals surface area contributed by atoms with Crippen molar-refractivity contribution in [2.24, 2.45) is 0 Å². The lowest BCUT2D eigenvalue weighted by molar-refractivity contribution is -0.144. The van der Waals surface area contributed by atoms with Crippen molar-refractivity contribution in [2.75, 3.05) is 12.9 Å². The van der Waals surface area contributed by atoms with Gasteiger partial charge in [0.15, 0.2) is 0 Å². The molecule has 1 aromatic carbocycles. The van der Waals surface area contributed by atoms with Crippen molar-refractivity contribution in [3.05, 3.63) is 35.9 Å². The summed E-state index contributed by atoms with van der Waals surface area (Å²) < 4.78 is 16.6. The average Bonchev–Trinajstić information content (AvgIpc) is 2.37. The van der Waals surface area contributed by atoms with Crippen LogP contribution in [0.15, 0.2) is 30.3 Å². The zero-order valence-corrected chi connectivity index (χ0v) is 11.7. The summed E-state index contributed by atoms with van der Waals surface area (Å²) in [4.78, 5) is 22.5. The molecule has 0 heterocycles. The van der Waals surface area contributed by atoms with Crippen molar-refractivity contribution in [1.29, 1.82) is 0 Å². The quantitative estimate of drug-likeness (QED) is 0.777. The van der Waals surface area contributed by atoms with Gasteiger partial charge in [0.1, 0.15) is 6.04 Å². The maximum atomic E-state index is 12.0. The van der Waals surface area contributed by atoms with E-state index in [0.717, 1.165) is 5.56 Å². The molecule has 0 bridgehead atoms. The fourth-order valence-corrected chi connectivity index (χ4v) is 2.83. The molecule has 0 radical (unpaired) electrons. The Hall–Kier alpha value is -1.69. The standard InChI is InChI=1S/C13H17NO4S/c1-10(15)14-12(13(16)18-2)9-19(17)8-11-6-4-3-5-7-11/h3-7,12H,8-9H2,1-2H3,(H,14,15). The lowest BCUT2D eigenvalue weighted by atomic mass is 10.2. The highest BCUT2D eigenvalue weighted by molar-refractivity contribution is 7.84. The number of benzene rings is 1. The van der Waals surface area contributed by atoms with Gasteiger partial charge in [0, 0.05) is 23.5 Å². The van der Waals surface area contributed by atoms with Gasteiger partial charge < -0.3 is 10.1 Å². The van der Waals surface area contributed by atoms with Gasteiger partial charge >= 0.3 is 5.97 Å². The van der Waals surface area contributed by atoms with Crippen LogP contribution >= 0.6 is 0 Å². The van der Waals surface area contributed by atoms with Crippen LogP contribution < -0.4 is 5.32 Å². The highest BCUT2D eigenvalue weighted by atomic mass is 32.2. The highest BCUT2D eigenvalue weighted by Crippen LogP contribution is 2.04. The predicted molar refractivity (Wildman–Crippen MR) is 72.8 cm³/mol. The maximum absolute atomic E-state index is 12.0. The first kappa shape index (κ1) is 15.4. The molecule has 0 saturated heterocycles. The molecular weight excluding hydrogens is 266 g/mol. The monoisotopic (exact) mass is 283 g/mol. The van der Waals surface area contributed by atoms with Gasteiger partial charge in [-0.15, -0.1) is 0 Å². The summed E-state index contributed by atoms with van der Waals surface area (Å²) in [7, 11) is -0.0218. The van der Waals surface area contributed by atoms with Crippen LogP contribution in [0, 0.1) is 0 Å². The van der Waals surface area contributed by atoms with Crippen LogP contribution in [0.5, 0.6) is 0 Å². The molecule has 2 unspecified atom stereocenters. The van der Waals surface area contributed by atoms with E-state index in [0.29, 0.717) is 5.75 Å². The third-order valence-electron chi connectivity index (χ3n) is 2.39. The zero-order chi connectivity index (χ0) is 14.3. The first-order valence-corrected chi connectivity index (χ1v) is 7.25. The zero-order valence-electron chi connectivity index (χ0n) is 10.9. The fourth-order valence-electron chi connectivity index (χ4n) is 1.56. The summed E-state index contributed by atoms with van der Waals surface area (Å²) in [5, 5.41) is 2.44. The Morgan fingerprint density at radius 2 is 1.95 bits per heavy atom. The van der Waals surface area contributed by atoms with E-state index in [1.165, 1.54) is 14.0 Å². The van der Waals surface area contributed by atoms with Crippen LogP contribution in [-0.2, 0) is 30.9 Å². The molecular formula is C13H17NO4S. The number of amides is 1. The van der Waals surface area contributed by atoms with Crippen LogP contribution in [0.4, 0.5) is 0 Å². The molecule has 0 aliphatic carbocycles. The Morgan fingerprint density at radius 3 is 2.47 bits per heavy atom. The van der Waals surface area contributed by atoms with Crippen LogP contribution in [-0.4, -0.2) is 35.0 Å². The predicted octanol–water partition coefficient (Wildman–Crippen LogP) is 0.613. The van der Waals surface area contributed by atoms with E-state index >= 15 is 0 Å². The molecule has 19 heavy (non-hydrogen) atoms. The van der Waals surface area contributed by atoms with Crippen LogP contribution in [0.1, 0.15) is 12.5 Å². The minimum Gasteiger partial charge on any atom is -0.467 e. The van der Waals surface area contributed by atoms with Gasteiger partial charge in [0.05, 0.1) is 12.9 Å². The number of hydrogen-bond acceptors (Lipinski definition) is 4. The van der Waals surface area contributed by atoms with Crippen LogP contribution in [0.3, 0.4) is 0 Å². The van der Waals surface area contributed by atoms with Crippen molar-refractivity contribution in [3.63, 3.8) is 0 Å². The number of carbonyl (C=O) groups excluding carboxylic acids is 2. The van der Waals surface area contributed by atoms with Gasteiger partial charge in [0.25, 0.3) is 0 Å². The molecule has 5 nitrogen and oxygen atoms in total. The number of rotatable bonds is 6. The summed E-state index contributed by atoms with van der Waals surface area (Å²) in [5.41, 5.74) is 0.923. The first-order valence-electron chi connectivity index (χ1n) is 5.76. The summed E-state index contributed by atoms with van der Waals surface area (Å²) in [6.45, 7) is 1.30. The summed E-state index contributed by atoms with van der Waals surface area (Å²) in [6, 6.07) is 8.46. The largest absolute Gasteiger partial charge is 0.467 e. The number of carbonyl (C=O) groups is 2. The molecule has 0 fully saturated rings. The summed E-state index contributed by atoms with van der Waals surface area (Å²) in [5.74, 6) is -0.557. The summed E-state index contributed by atoms with van der Waals surface area (Å²) in [6.07, 6.45) is 0. The molecule has 0 aliphatic rings. The third-order valence-corrected chi connectivity index (χ3v) is 3.75. The molecule has 1 aromatic rings.